The molecule has 2 rings (SSSR count). The predicted octanol–water partition coefficient (Wildman–Crippen LogP) is 1.67. The van der Waals surface area contributed by atoms with Gasteiger partial charge < -0.3 is 4.42 Å². The molecule has 2 aromatic heterocycles. The van der Waals surface area contributed by atoms with Crippen LogP contribution in [-0.4, -0.2) is 16.1 Å². The molecule has 7 heteroatoms. The summed E-state index contributed by atoms with van der Waals surface area (Å²) in [6, 6.07) is 1.28. The van der Waals surface area contributed by atoms with Crippen molar-refractivity contribution < 1.29 is 9.21 Å². The normalized spacial score (nSPS) is 10.4. The Labute approximate surface area is 107 Å². The van der Waals surface area contributed by atoms with Crippen LogP contribution in [0, 0.1) is 20.8 Å². The fourth-order valence-corrected chi connectivity index (χ4v) is 2.12. The first-order valence-corrected chi connectivity index (χ1v) is 6.02. The molecule has 0 saturated carbocycles. The molecule has 0 unspecified atom stereocenters. The van der Waals surface area contributed by atoms with Gasteiger partial charge in [0.25, 0.3) is 5.91 Å². The standard InChI is InChI=1S/C11H11N3O3S/c1-5-4-8(15)9(6(2)17-5)10(16)12-11-14-13-7(3)18-11/h4H,1-3H3,(H,12,14,16). The smallest absolute Gasteiger partial charge is 0.264 e. The zero-order valence-electron chi connectivity index (χ0n) is 10.1. The van der Waals surface area contributed by atoms with Crippen LogP contribution in [0.4, 0.5) is 5.13 Å². The van der Waals surface area contributed by atoms with Crippen LogP contribution < -0.4 is 10.7 Å². The van der Waals surface area contributed by atoms with Gasteiger partial charge in [-0.15, -0.1) is 10.2 Å². The summed E-state index contributed by atoms with van der Waals surface area (Å²) < 4.78 is 5.26. The lowest BCUT2D eigenvalue weighted by atomic mass is 10.2. The summed E-state index contributed by atoms with van der Waals surface area (Å²) in [5, 5.41) is 11.2. The molecule has 0 bridgehead atoms. The Hall–Kier alpha value is -2.02. The molecule has 2 aromatic rings. The lowest BCUT2D eigenvalue weighted by Crippen LogP contribution is -2.22. The summed E-state index contributed by atoms with van der Waals surface area (Å²) in [7, 11) is 0. The maximum absolute atomic E-state index is 11.9. The average Bonchev–Trinajstić information content (AvgIpc) is 2.62. The van der Waals surface area contributed by atoms with E-state index in [9.17, 15) is 9.59 Å². The van der Waals surface area contributed by atoms with Crippen molar-refractivity contribution in [2.45, 2.75) is 20.8 Å². The van der Waals surface area contributed by atoms with Gasteiger partial charge in [0.2, 0.25) is 5.13 Å². The second kappa shape index (κ2) is 4.69. The Morgan fingerprint density at radius 3 is 2.61 bits per heavy atom. The van der Waals surface area contributed by atoms with Crippen molar-refractivity contribution in [2.75, 3.05) is 5.32 Å². The molecule has 6 nitrogen and oxygen atoms in total. The van der Waals surface area contributed by atoms with Crippen molar-refractivity contribution in [1.82, 2.24) is 10.2 Å². The SMILES string of the molecule is Cc1cc(=O)c(C(=O)Nc2nnc(C)s2)c(C)o1. The van der Waals surface area contributed by atoms with Gasteiger partial charge >= 0.3 is 0 Å². The highest BCUT2D eigenvalue weighted by Gasteiger charge is 2.17. The molecule has 18 heavy (non-hydrogen) atoms. The van der Waals surface area contributed by atoms with Gasteiger partial charge in [-0.05, 0) is 20.8 Å². The minimum atomic E-state index is -0.530. The molecule has 2 heterocycles. The topological polar surface area (TPSA) is 85.1 Å². The van der Waals surface area contributed by atoms with Crippen molar-refractivity contribution in [2.24, 2.45) is 0 Å². The lowest BCUT2D eigenvalue weighted by molar-refractivity contribution is 0.102. The molecule has 0 aliphatic rings. The van der Waals surface area contributed by atoms with Crippen LogP contribution in [-0.2, 0) is 0 Å². The molecule has 0 aromatic carbocycles. The molecule has 1 amide bonds. The third kappa shape index (κ3) is 2.45. The van der Waals surface area contributed by atoms with Gasteiger partial charge in [0.05, 0.1) is 0 Å². The van der Waals surface area contributed by atoms with Crippen molar-refractivity contribution >= 4 is 22.4 Å². The van der Waals surface area contributed by atoms with Crippen LogP contribution in [0.2, 0.25) is 0 Å². The summed E-state index contributed by atoms with van der Waals surface area (Å²) in [5.74, 6) is 0.233. The lowest BCUT2D eigenvalue weighted by Gasteiger charge is -2.04. The second-order valence-corrected chi connectivity index (χ2v) is 4.91. The molecule has 0 radical (unpaired) electrons. The zero-order chi connectivity index (χ0) is 13.3. The number of aryl methyl sites for hydroxylation is 3. The average molecular weight is 265 g/mol. The van der Waals surface area contributed by atoms with E-state index in [1.807, 2.05) is 0 Å². The van der Waals surface area contributed by atoms with Crippen LogP contribution in [0.3, 0.4) is 0 Å². The summed E-state index contributed by atoms with van der Waals surface area (Å²) in [6.45, 7) is 5.01. The number of amides is 1. The number of anilines is 1. The summed E-state index contributed by atoms with van der Waals surface area (Å²) in [6.07, 6.45) is 0. The van der Waals surface area contributed by atoms with Crippen LogP contribution in [0.1, 0.15) is 26.9 Å². The van der Waals surface area contributed by atoms with E-state index in [-0.39, 0.29) is 11.0 Å². The van der Waals surface area contributed by atoms with Crippen molar-refractivity contribution in [3.8, 4) is 0 Å². The Kier molecular flexibility index (Phi) is 3.24. The number of hydrogen-bond donors (Lipinski definition) is 1. The van der Waals surface area contributed by atoms with E-state index in [1.54, 1.807) is 20.8 Å². The number of carbonyl (C=O) groups is 1. The maximum Gasteiger partial charge on any atom is 0.264 e. The van der Waals surface area contributed by atoms with Gasteiger partial charge in [0.15, 0.2) is 5.43 Å². The van der Waals surface area contributed by atoms with Crippen LogP contribution in [0.15, 0.2) is 15.3 Å². The Morgan fingerprint density at radius 1 is 1.33 bits per heavy atom. The predicted molar refractivity (Wildman–Crippen MR) is 67.1 cm³/mol. The molecule has 0 spiro atoms. The molecule has 0 saturated heterocycles. The summed E-state index contributed by atoms with van der Waals surface area (Å²) >= 11 is 1.24. The number of hydrogen-bond acceptors (Lipinski definition) is 6. The molecular weight excluding hydrogens is 254 g/mol. The zero-order valence-corrected chi connectivity index (χ0v) is 10.9. The van der Waals surface area contributed by atoms with Gasteiger partial charge in [-0.2, -0.15) is 0 Å². The van der Waals surface area contributed by atoms with E-state index in [1.165, 1.54) is 17.4 Å². The number of aromatic nitrogens is 2. The minimum absolute atomic E-state index is 0.00606. The number of nitrogens with one attached hydrogen (secondary N) is 1. The first kappa shape index (κ1) is 12.4. The van der Waals surface area contributed by atoms with E-state index < -0.39 is 5.91 Å². The van der Waals surface area contributed by atoms with E-state index in [0.717, 1.165) is 5.01 Å². The number of nitrogens with zero attached hydrogens (tertiary/aromatic N) is 2. The van der Waals surface area contributed by atoms with Gasteiger partial charge in [0, 0.05) is 6.07 Å². The summed E-state index contributed by atoms with van der Waals surface area (Å²) in [4.78, 5) is 23.7. The Balaban J connectivity index is 2.32. The van der Waals surface area contributed by atoms with E-state index >= 15 is 0 Å². The van der Waals surface area contributed by atoms with Crippen molar-refractivity contribution in [1.29, 1.82) is 0 Å². The van der Waals surface area contributed by atoms with Gasteiger partial charge in [-0.1, -0.05) is 11.3 Å². The van der Waals surface area contributed by atoms with Crippen molar-refractivity contribution in [3.05, 3.63) is 38.4 Å². The van der Waals surface area contributed by atoms with Crippen molar-refractivity contribution in [3.63, 3.8) is 0 Å². The molecule has 0 atom stereocenters. The highest BCUT2D eigenvalue weighted by atomic mass is 32.1. The van der Waals surface area contributed by atoms with Gasteiger partial charge in [-0.3, -0.25) is 14.9 Å². The number of carbonyl (C=O) groups excluding carboxylic acids is 1. The fraction of sp³-hybridized carbons (Fsp3) is 0.273. The van der Waals surface area contributed by atoms with E-state index in [2.05, 4.69) is 15.5 Å². The van der Waals surface area contributed by atoms with E-state index in [0.29, 0.717) is 16.7 Å². The minimum Gasteiger partial charge on any atom is -0.466 e. The first-order valence-electron chi connectivity index (χ1n) is 5.20. The maximum atomic E-state index is 11.9. The van der Waals surface area contributed by atoms with Gasteiger partial charge in [0.1, 0.15) is 22.1 Å². The third-order valence-electron chi connectivity index (χ3n) is 2.22. The highest BCUT2D eigenvalue weighted by molar-refractivity contribution is 7.15. The molecule has 0 aliphatic carbocycles. The monoisotopic (exact) mass is 265 g/mol. The van der Waals surface area contributed by atoms with Gasteiger partial charge in [-0.25, -0.2) is 0 Å². The molecule has 0 fully saturated rings. The Bertz CT molecular complexity index is 660. The Morgan fingerprint density at radius 2 is 2.06 bits per heavy atom. The van der Waals surface area contributed by atoms with E-state index in [4.69, 9.17) is 4.42 Å². The number of rotatable bonds is 2. The molecule has 0 aliphatic heterocycles. The second-order valence-electron chi connectivity index (χ2n) is 3.73. The third-order valence-corrected chi connectivity index (χ3v) is 2.97. The first-order chi connectivity index (χ1) is 8.47. The van der Waals surface area contributed by atoms with Crippen LogP contribution in [0.25, 0.3) is 0 Å². The molecule has 1 N–H and O–H groups in total. The fourth-order valence-electron chi connectivity index (χ4n) is 1.53. The molecular formula is C11H11N3O3S. The quantitative estimate of drug-likeness (QED) is 0.892. The molecule has 94 valence electrons. The highest BCUT2D eigenvalue weighted by Crippen LogP contribution is 2.15. The van der Waals surface area contributed by atoms with Crippen LogP contribution in [0.5, 0.6) is 0 Å². The largest absolute Gasteiger partial charge is 0.466 e. The summed E-state index contributed by atoms with van der Waals surface area (Å²) in [5.41, 5.74) is -0.372. The van der Waals surface area contributed by atoms with Crippen LogP contribution >= 0.6 is 11.3 Å².